The third kappa shape index (κ3) is 3.24. The Morgan fingerprint density at radius 1 is 1.56 bits per heavy atom. The average molecular weight is 268 g/mol. The molecule has 0 N–H and O–H groups in total. The number of likely N-dealkylation sites (tertiary alicyclic amines) is 1. The Hall–Kier alpha value is -1.06. The van der Waals surface area contributed by atoms with Gasteiger partial charge in [-0.25, -0.2) is 0 Å². The van der Waals surface area contributed by atoms with Crippen LogP contribution in [0.25, 0.3) is 0 Å². The predicted octanol–water partition coefficient (Wildman–Crippen LogP) is 2.98. The van der Waals surface area contributed by atoms with Gasteiger partial charge < -0.3 is 9.64 Å². The number of hydrogen-bond donors (Lipinski definition) is 0. The summed E-state index contributed by atoms with van der Waals surface area (Å²) in [5.41, 5.74) is 0.652. The molecule has 1 unspecified atom stereocenters. The maximum atomic E-state index is 12.3. The van der Waals surface area contributed by atoms with Crippen molar-refractivity contribution in [3.63, 3.8) is 0 Å². The molecular formula is C14H18ClNO2. The van der Waals surface area contributed by atoms with Gasteiger partial charge in [-0.1, -0.05) is 17.7 Å². The molecule has 1 aliphatic heterocycles. The van der Waals surface area contributed by atoms with Gasteiger partial charge in [0.15, 0.2) is 0 Å². The molecule has 0 aromatic heterocycles. The number of halogens is 1. The number of rotatable bonds is 3. The van der Waals surface area contributed by atoms with Crippen LogP contribution in [0.3, 0.4) is 0 Å². The first-order valence-corrected chi connectivity index (χ1v) is 6.75. The summed E-state index contributed by atoms with van der Waals surface area (Å²) in [7, 11) is 0. The zero-order valence-electron chi connectivity index (χ0n) is 10.6. The van der Waals surface area contributed by atoms with E-state index in [2.05, 4.69) is 0 Å². The minimum Gasteiger partial charge on any atom is -0.377 e. The molecule has 0 bridgehead atoms. The molecule has 18 heavy (non-hydrogen) atoms. The van der Waals surface area contributed by atoms with Crippen LogP contribution in [0.5, 0.6) is 0 Å². The second-order valence-corrected chi connectivity index (χ2v) is 4.92. The summed E-state index contributed by atoms with van der Waals surface area (Å²) in [4.78, 5) is 14.2. The molecule has 1 aromatic rings. The van der Waals surface area contributed by atoms with Gasteiger partial charge >= 0.3 is 0 Å². The third-order valence-corrected chi connectivity index (χ3v) is 3.37. The number of amides is 1. The highest BCUT2D eigenvalue weighted by molar-refractivity contribution is 6.30. The lowest BCUT2D eigenvalue weighted by Gasteiger charge is -2.32. The van der Waals surface area contributed by atoms with E-state index in [4.69, 9.17) is 16.3 Å². The van der Waals surface area contributed by atoms with Crippen molar-refractivity contribution in [1.29, 1.82) is 0 Å². The average Bonchev–Trinajstić information content (AvgIpc) is 2.39. The van der Waals surface area contributed by atoms with Crippen molar-refractivity contribution >= 4 is 17.5 Å². The summed E-state index contributed by atoms with van der Waals surface area (Å²) in [5.74, 6) is 0.0434. The highest BCUT2D eigenvalue weighted by atomic mass is 35.5. The lowest BCUT2D eigenvalue weighted by atomic mass is 10.1. The summed E-state index contributed by atoms with van der Waals surface area (Å²) in [6.45, 7) is 4.16. The van der Waals surface area contributed by atoms with E-state index in [1.54, 1.807) is 24.3 Å². The summed E-state index contributed by atoms with van der Waals surface area (Å²) < 4.78 is 5.60. The molecule has 98 valence electrons. The van der Waals surface area contributed by atoms with E-state index in [1.807, 2.05) is 11.8 Å². The molecule has 1 aromatic carbocycles. The van der Waals surface area contributed by atoms with E-state index in [9.17, 15) is 4.79 Å². The van der Waals surface area contributed by atoms with Gasteiger partial charge in [-0.3, -0.25) is 4.79 Å². The lowest BCUT2D eigenvalue weighted by Crippen LogP contribution is -2.43. The minimum absolute atomic E-state index is 0.0434. The van der Waals surface area contributed by atoms with Crippen LogP contribution in [0.4, 0.5) is 0 Å². The van der Waals surface area contributed by atoms with E-state index in [1.165, 1.54) is 0 Å². The van der Waals surface area contributed by atoms with Gasteiger partial charge in [0.2, 0.25) is 0 Å². The second-order valence-electron chi connectivity index (χ2n) is 4.48. The van der Waals surface area contributed by atoms with Crippen LogP contribution >= 0.6 is 11.6 Å². The van der Waals surface area contributed by atoms with Crippen molar-refractivity contribution in [2.45, 2.75) is 25.9 Å². The number of piperidine rings is 1. The standard InChI is InChI=1S/C14H18ClNO2/c1-2-18-13-7-4-8-16(10-13)14(17)11-5-3-6-12(15)9-11/h3,5-6,9,13H,2,4,7-8,10H2,1H3. The van der Waals surface area contributed by atoms with Crippen LogP contribution < -0.4 is 0 Å². The van der Waals surface area contributed by atoms with Crippen molar-refractivity contribution in [3.05, 3.63) is 34.9 Å². The molecule has 3 nitrogen and oxygen atoms in total. The summed E-state index contributed by atoms with van der Waals surface area (Å²) in [5, 5.41) is 0.596. The fourth-order valence-electron chi connectivity index (χ4n) is 2.30. The Balaban J connectivity index is 2.04. The predicted molar refractivity (Wildman–Crippen MR) is 72.0 cm³/mol. The van der Waals surface area contributed by atoms with Crippen LogP contribution in [0.2, 0.25) is 5.02 Å². The molecule has 0 radical (unpaired) electrons. The summed E-state index contributed by atoms with van der Waals surface area (Å²) in [6.07, 6.45) is 2.20. The number of ether oxygens (including phenoxy) is 1. The van der Waals surface area contributed by atoms with Crippen molar-refractivity contribution in [1.82, 2.24) is 4.90 Å². The number of nitrogens with zero attached hydrogens (tertiary/aromatic N) is 1. The number of carbonyl (C=O) groups is 1. The second kappa shape index (κ2) is 6.21. The van der Waals surface area contributed by atoms with Crippen LogP contribution in [0.15, 0.2) is 24.3 Å². The zero-order valence-corrected chi connectivity index (χ0v) is 11.3. The van der Waals surface area contributed by atoms with Gasteiger partial charge in [0, 0.05) is 30.3 Å². The molecule has 1 amide bonds. The maximum absolute atomic E-state index is 12.3. The Morgan fingerprint density at radius 2 is 2.39 bits per heavy atom. The Morgan fingerprint density at radius 3 is 3.11 bits per heavy atom. The van der Waals surface area contributed by atoms with Crippen LogP contribution in [-0.4, -0.2) is 36.6 Å². The first kappa shape index (κ1) is 13.4. The molecule has 1 aliphatic rings. The first-order chi connectivity index (χ1) is 8.70. The molecular weight excluding hydrogens is 250 g/mol. The summed E-state index contributed by atoms with van der Waals surface area (Å²) in [6, 6.07) is 7.10. The minimum atomic E-state index is 0.0434. The quantitative estimate of drug-likeness (QED) is 0.843. The molecule has 4 heteroatoms. The molecule has 1 fully saturated rings. The number of carbonyl (C=O) groups excluding carboxylic acids is 1. The Kier molecular flexibility index (Phi) is 4.61. The third-order valence-electron chi connectivity index (χ3n) is 3.14. The lowest BCUT2D eigenvalue weighted by molar-refractivity contribution is 0.00724. The highest BCUT2D eigenvalue weighted by Gasteiger charge is 2.24. The van der Waals surface area contributed by atoms with E-state index in [0.717, 1.165) is 19.4 Å². The molecule has 0 saturated carbocycles. The highest BCUT2D eigenvalue weighted by Crippen LogP contribution is 2.18. The van der Waals surface area contributed by atoms with E-state index >= 15 is 0 Å². The summed E-state index contributed by atoms with van der Waals surface area (Å²) >= 11 is 5.91. The topological polar surface area (TPSA) is 29.5 Å². The SMILES string of the molecule is CCOC1CCCN(C(=O)c2cccc(Cl)c2)C1. The maximum Gasteiger partial charge on any atom is 0.253 e. The van der Waals surface area contributed by atoms with E-state index in [0.29, 0.717) is 23.7 Å². The smallest absolute Gasteiger partial charge is 0.253 e. The zero-order chi connectivity index (χ0) is 13.0. The van der Waals surface area contributed by atoms with Crippen LogP contribution in [0.1, 0.15) is 30.1 Å². The van der Waals surface area contributed by atoms with E-state index in [-0.39, 0.29) is 12.0 Å². The van der Waals surface area contributed by atoms with Gasteiger partial charge in [0.05, 0.1) is 6.10 Å². The fraction of sp³-hybridized carbons (Fsp3) is 0.500. The Bertz CT molecular complexity index is 420. The van der Waals surface area contributed by atoms with Gasteiger partial charge in [-0.2, -0.15) is 0 Å². The van der Waals surface area contributed by atoms with Crippen LogP contribution in [-0.2, 0) is 4.74 Å². The molecule has 1 atom stereocenters. The van der Waals surface area contributed by atoms with Gasteiger partial charge in [0.25, 0.3) is 5.91 Å². The first-order valence-electron chi connectivity index (χ1n) is 6.37. The van der Waals surface area contributed by atoms with Crippen LogP contribution in [0, 0.1) is 0 Å². The van der Waals surface area contributed by atoms with Crippen molar-refractivity contribution in [3.8, 4) is 0 Å². The van der Waals surface area contributed by atoms with Gasteiger partial charge in [-0.05, 0) is 38.0 Å². The Labute approximate surface area is 113 Å². The number of benzene rings is 1. The molecule has 0 spiro atoms. The van der Waals surface area contributed by atoms with Gasteiger partial charge in [0.1, 0.15) is 0 Å². The van der Waals surface area contributed by atoms with Crippen molar-refractivity contribution in [2.75, 3.05) is 19.7 Å². The molecule has 2 rings (SSSR count). The van der Waals surface area contributed by atoms with Crippen molar-refractivity contribution in [2.24, 2.45) is 0 Å². The van der Waals surface area contributed by atoms with Crippen molar-refractivity contribution < 1.29 is 9.53 Å². The van der Waals surface area contributed by atoms with Gasteiger partial charge in [-0.15, -0.1) is 0 Å². The normalized spacial score (nSPS) is 19.9. The molecule has 0 aliphatic carbocycles. The molecule has 1 saturated heterocycles. The molecule has 1 heterocycles. The number of hydrogen-bond acceptors (Lipinski definition) is 2. The van der Waals surface area contributed by atoms with E-state index < -0.39 is 0 Å². The monoisotopic (exact) mass is 267 g/mol. The fourth-order valence-corrected chi connectivity index (χ4v) is 2.49. The largest absolute Gasteiger partial charge is 0.377 e.